The van der Waals surface area contributed by atoms with Gasteiger partial charge < -0.3 is 4.90 Å². The molecular weight excluding hydrogens is 244 g/mol. The van der Waals surface area contributed by atoms with Gasteiger partial charge in [-0.15, -0.1) is 0 Å². The van der Waals surface area contributed by atoms with Crippen LogP contribution in [0.1, 0.15) is 47.0 Å². The molecule has 0 radical (unpaired) electrons. The smallest absolute Gasteiger partial charge is 0.241 e. The van der Waals surface area contributed by atoms with Crippen LogP contribution in [0, 0.1) is 5.92 Å². The predicted molar refractivity (Wildman–Crippen MR) is 79.8 cm³/mol. The lowest BCUT2D eigenvalue weighted by Crippen LogP contribution is -2.44. The first-order valence-electron chi connectivity index (χ1n) is 7.08. The van der Waals surface area contributed by atoms with E-state index in [1.165, 1.54) is 0 Å². The molecule has 0 aliphatic carbocycles. The van der Waals surface area contributed by atoms with E-state index in [9.17, 15) is 4.79 Å². The monoisotopic (exact) mass is 272 g/mol. The summed E-state index contributed by atoms with van der Waals surface area (Å²) in [5.74, 6) is 2.04. The molecule has 0 aromatic carbocycles. The van der Waals surface area contributed by atoms with Gasteiger partial charge >= 0.3 is 0 Å². The largest absolute Gasteiger partial charge is 0.323 e. The van der Waals surface area contributed by atoms with Gasteiger partial charge in [0.25, 0.3) is 0 Å². The molecule has 3 atom stereocenters. The second-order valence-electron chi connectivity index (χ2n) is 5.65. The van der Waals surface area contributed by atoms with Crippen LogP contribution in [0.3, 0.4) is 0 Å². The molecule has 1 N–H and O–H groups in total. The van der Waals surface area contributed by atoms with E-state index in [1.54, 1.807) is 0 Å². The maximum atomic E-state index is 12.4. The molecule has 0 aromatic heterocycles. The van der Waals surface area contributed by atoms with E-state index in [0.29, 0.717) is 17.9 Å². The molecule has 1 saturated heterocycles. The Bertz CT molecular complexity index is 271. The van der Waals surface area contributed by atoms with Crippen molar-refractivity contribution in [1.29, 1.82) is 0 Å². The topological polar surface area (TPSA) is 32.3 Å². The second kappa shape index (κ2) is 7.39. The standard InChI is InChI=1S/C14H28N2OS/c1-6-12-14(17)16(11(4)7-8-18-5)13(15-12)9-10(2)3/h10-13,15H,6-9H2,1-5H3. The van der Waals surface area contributed by atoms with Gasteiger partial charge in [-0.25, -0.2) is 0 Å². The van der Waals surface area contributed by atoms with Crippen LogP contribution in [0.15, 0.2) is 0 Å². The molecule has 3 unspecified atom stereocenters. The Morgan fingerprint density at radius 1 is 1.39 bits per heavy atom. The number of nitrogens with one attached hydrogen (secondary N) is 1. The molecule has 1 aliphatic rings. The van der Waals surface area contributed by atoms with Crippen LogP contribution >= 0.6 is 11.8 Å². The van der Waals surface area contributed by atoms with E-state index >= 15 is 0 Å². The van der Waals surface area contributed by atoms with Crippen molar-refractivity contribution in [3.05, 3.63) is 0 Å². The van der Waals surface area contributed by atoms with Crippen LogP contribution in [0.4, 0.5) is 0 Å². The SMILES string of the molecule is CCC1NC(CC(C)C)N(C(C)CCSC)C1=O. The Labute approximate surface area is 116 Å². The average molecular weight is 272 g/mol. The van der Waals surface area contributed by atoms with E-state index in [2.05, 4.69) is 44.2 Å². The first-order valence-corrected chi connectivity index (χ1v) is 8.47. The van der Waals surface area contributed by atoms with Gasteiger partial charge in [-0.05, 0) is 44.1 Å². The lowest BCUT2D eigenvalue weighted by Gasteiger charge is -2.31. The van der Waals surface area contributed by atoms with Crippen LogP contribution in [0.2, 0.25) is 0 Å². The minimum Gasteiger partial charge on any atom is -0.323 e. The molecule has 106 valence electrons. The van der Waals surface area contributed by atoms with Crippen molar-refractivity contribution in [3.63, 3.8) is 0 Å². The molecule has 1 heterocycles. The Morgan fingerprint density at radius 3 is 2.56 bits per heavy atom. The average Bonchev–Trinajstić information content (AvgIpc) is 2.61. The summed E-state index contributed by atoms with van der Waals surface area (Å²) >= 11 is 1.85. The Balaban J connectivity index is 2.71. The van der Waals surface area contributed by atoms with Gasteiger partial charge in [-0.3, -0.25) is 10.1 Å². The van der Waals surface area contributed by atoms with Gasteiger partial charge in [0.05, 0.1) is 12.2 Å². The third kappa shape index (κ3) is 3.89. The molecule has 4 heteroatoms. The highest BCUT2D eigenvalue weighted by Crippen LogP contribution is 2.23. The van der Waals surface area contributed by atoms with Gasteiger partial charge in [-0.2, -0.15) is 11.8 Å². The Kier molecular flexibility index (Phi) is 6.50. The lowest BCUT2D eigenvalue weighted by molar-refractivity contribution is -0.132. The fraction of sp³-hybridized carbons (Fsp3) is 0.929. The van der Waals surface area contributed by atoms with Crippen LogP contribution < -0.4 is 5.32 Å². The summed E-state index contributed by atoms with van der Waals surface area (Å²) in [6.45, 7) is 8.70. The van der Waals surface area contributed by atoms with Crippen molar-refractivity contribution in [2.75, 3.05) is 12.0 Å². The first-order chi connectivity index (χ1) is 8.51. The number of amides is 1. The first kappa shape index (κ1) is 15.8. The molecule has 1 amide bonds. The molecule has 0 bridgehead atoms. The molecule has 0 spiro atoms. The molecule has 1 rings (SSSR count). The number of carbonyl (C=O) groups excluding carboxylic acids is 1. The number of thioether (sulfide) groups is 1. The van der Waals surface area contributed by atoms with Crippen molar-refractivity contribution in [2.24, 2.45) is 5.92 Å². The lowest BCUT2D eigenvalue weighted by atomic mass is 10.1. The van der Waals surface area contributed by atoms with E-state index in [0.717, 1.165) is 25.0 Å². The van der Waals surface area contributed by atoms with Crippen molar-refractivity contribution in [1.82, 2.24) is 10.2 Å². The number of hydrogen-bond acceptors (Lipinski definition) is 3. The fourth-order valence-electron chi connectivity index (χ4n) is 2.59. The normalized spacial score (nSPS) is 26.1. The Hall–Kier alpha value is -0.220. The summed E-state index contributed by atoms with van der Waals surface area (Å²) < 4.78 is 0. The third-order valence-corrected chi connectivity index (χ3v) is 4.24. The van der Waals surface area contributed by atoms with Gasteiger partial charge in [0.15, 0.2) is 0 Å². The van der Waals surface area contributed by atoms with Gasteiger partial charge in [0, 0.05) is 6.04 Å². The third-order valence-electron chi connectivity index (χ3n) is 3.60. The highest BCUT2D eigenvalue weighted by atomic mass is 32.2. The molecule has 0 aromatic rings. The minimum absolute atomic E-state index is 0.0329. The molecule has 3 nitrogen and oxygen atoms in total. The highest BCUT2D eigenvalue weighted by molar-refractivity contribution is 7.98. The summed E-state index contributed by atoms with van der Waals surface area (Å²) in [5, 5.41) is 3.50. The van der Waals surface area contributed by atoms with Gasteiger partial charge in [0.2, 0.25) is 5.91 Å². The molecular formula is C14H28N2OS. The maximum absolute atomic E-state index is 12.4. The van der Waals surface area contributed by atoms with Crippen molar-refractivity contribution in [2.45, 2.75) is 65.2 Å². The summed E-state index contributed by atoms with van der Waals surface area (Å²) in [4.78, 5) is 14.5. The molecule has 18 heavy (non-hydrogen) atoms. The zero-order chi connectivity index (χ0) is 13.7. The number of nitrogens with zero attached hydrogens (tertiary/aromatic N) is 1. The minimum atomic E-state index is 0.0329. The van der Waals surface area contributed by atoms with Crippen molar-refractivity contribution in [3.8, 4) is 0 Å². The number of carbonyl (C=O) groups is 1. The summed E-state index contributed by atoms with van der Waals surface area (Å²) in [5.41, 5.74) is 0. The van der Waals surface area contributed by atoms with E-state index in [4.69, 9.17) is 0 Å². The van der Waals surface area contributed by atoms with Crippen LogP contribution in [-0.2, 0) is 4.79 Å². The number of hydrogen-bond donors (Lipinski definition) is 1. The number of rotatable bonds is 7. The molecule has 1 fully saturated rings. The predicted octanol–water partition coefficient (Wildman–Crippen LogP) is 2.71. The quantitative estimate of drug-likeness (QED) is 0.773. The molecule has 0 saturated carbocycles. The van der Waals surface area contributed by atoms with E-state index < -0.39 is 0 Å². The van der Waals surface area contributed by atoms with Crippen LogP contribution in [0.5, 0.6) is 0 Å². The van der Waals surface area contributed by atoms with Crippen LogP contribution in [-0.4, -0.2) is 41.1 Å². The van der Waals surface area contributed by atoms with E-state index in [1.807, 2.05) is 11.8 Å². The zero-order valence-corrected chi connectivity index (χ0v) is 13.2. The maximum Gasteiger partial charge on any atom is 0.241 e. The summed E-state index contributed by atoms with van der Waals surface area (Å²) in [7, 11) is 0. The Morgan fingerprint density at radius 2 is 2.06 bits per heavy atom. The van der Waals surface area contributed by atoms with E-state index in [-0.39, 0.29) is 12.2 Å². The highest BCUT2D eigenvalue weighted by Gasteiger charge is 2.39. The van der Waals surface area contributed by atoms with Gasteiger partial charge in [0.1, 0.15) is 0 Å². The van der Waals surface area contributed by atoms with Crippen molar-refractivity contribution < 1.29 is 4.79 Å². The fourth-order valence-corrected chi connectivity index (χ4v) is 3.17. The zero-order valence-electron chi connectivity index (χ0n) is 12.4. The van der Waals surface area contributed by atoms with Crippen molar-refractivity contribution >= 4 is 17.7 Å². The summed E-state index contributed by atoms with van der Waals surface area (Å²) in [6, 6.07) is 0.378. The van der Waals surface area contributed by atoms with Gasteiger partial charge in [-0.1, -0.05) is 20.8 Å². The molecule has 1 aliphatic heterocycles. The van der Waals surface area contributed by atoms with Crippen LogP contribution in [0.25, 0.3) is 0 Å². The second-order valence-corrected chi connectivity index (χ2v) is 6.63. The summed E-state index contributed by atoms with van der Waals surface area (Å²) in [6.07, 6.45) is 5.38.